The standard InChI is InChI=1S/C30H30F4N4O4/c1-5-41-25-13-22(40-4)9-8-20(25)17-42-23-10-21(15-35-16-23)18-6-7-19(24(31)11-18)12-28(39)36-27-14-26(37-38-27)29(2,3)30(32,33)34/h6-11,13-16H,5,12,17H2,1-4H3,(H2,36,37,38,39). The van der Waals surface area contributed by atoms with Crippen LogP contribution in [0.4, 0.5) is 23.4 Å². The van der Waals surface area contributed by atoms with Crippen molar-refractivity contribution in [2.45, 2.75) is 45.4 Å². The van der Waals surface area contributed by atoms with Crippen molar-refractivity contribution < 1.29 is 36.6 Å². The second-order valence-electron chi connectivity index (χ2n) is 9.93. The van der Waals surface area contributed by atoms with Crippen molar-refractivity contribution in [1.29, 1.82) is 0 Å². The SMILES string of the molecule is CCOc1cc(OC)ccc1COc1cncc(-c2ccc(CC(=O)Nc3cc(C(C)(C)C(F)(F)F)[nH]n3)c(F)c2)c1. The number of ether oxygens (including phenoxy) is 3. The molecule has 222 valence electrons. The van der Waals surface area contributed by atoms with Crippen molar-refractivity contribution in [3.8, 4) is 28.4 Å². The molecule has 12 heteroatoms. The maximum absolute atomic E-state index is 15.0. The van der Waals surface area contributed by atoms with E-state index in [4.69, 9.17) is 14.2 Å². The van der Waals surface area contributed by atoms with Crippen LogP contribution in [0.1, 0.15) is 37.6 Å². The highest BCUT2D eigenvalue weighted by atomic mass is 19.4. The average molecular weight is 587 g/mol. The second kappa shape index (κ2) is 12.5. The molecule has 0 atom stereocenters. The number of benzene rings is 2. The molecule has 0 unspecified atom stereocenters. The van der Waals surface area contributed by atoms with Gasteiger partial charge in [-0.15, -0.1) is 0 Å². The van der Waals surface area contributed by atoms with Crippen LogP contribution in [0, 0.1) is 5.82 Å². The number of hydrogen-bond acceptors (Lipinski definition) is 6. The molecule has 1 amide bonds. The van der Waals surface area contributed by atoms with E-state index in [1.165, 1.54) is 12.1 Å². The van der Waals surface area contributed by atoms with Gasteiger partial charge in [0.25, 0.3) is 0 Å². The number of methoxy groups -OCH3 is 1. The molecule has 0 radical (unpaired) electrons. The van der Waals surface area contributed by atoms with Gasteiger partial charge in [0, 0.05) is 29.5 Å². The van der Waals surface area contributed by atoms with Gasteiger partial charge in [0.1, 0.15) is 35.1 Å². The zero-order valence-electron chi connectivity index (χ0n) is 23.4. The summed E-state index contributed by atoms with van der Waals surface area (Å²) in [6.07, 6.45) is -1.76. The number of carbonyl (C=O) groups is 1. The van der Waals surface area contributed by atoms with Crippen LogP contribution in [-0.4, -0.2) is 41.0 Å². The number of rotatable bonds is 11. The predicted octanol–water partition coefficient (Wildman–Crippen LogP) is 6.62. The number of pyridine rings is 1. The molecule has 0 aliphatic rings. The Kier molecular flexibility index (Phi) is 9.03. The molecule has 0 spiro atoms. The lowest BCUT2D eigenvalue weighted by Gasteiger charge is -2.25. The molecule has 0 saturated carbocycles. The van der Waals surface area contributed by atoms with E-state index in [9.17, 15) is 22.4 Å². The van der Waals surface area contributed by atoms with Crippen molar-refractivity contribution in [3.05, 3.63) is 83.6 Å². The Bertz CT molecular complexity index is 1550. The summed E-state index contributed by atoms with van der Waals surface area (Å²) in [4.78, 5) is 16.7. The first-order valence-corrected chi connectivity index (χ1v) is 13.0. The minimum atomic E-state index is -4.52. The molecular weight excluding hydrogens is 556 g/mol. The number of hydrogen-bond donors (Lipinski definition) is 2. The first kappa shape index (κ1) is 30.4. The molecule has 0 aliphatic carbocycles. The molecule has 0 aliphatic heterocycles. The fraction of sp³-hybridized carbons (Fsp3) is 0.300. The van der Waals surface area contributed by atoms with Crippen LogP contribution in [0.15, 0.2) is 60.9 Å². The van der Waals surface area contributed by atoms with Gasteiger partial charge in [0.05, 0.1) is 32.0 Å². The van der Waals surface area contributed by atoms with E-state index in [1.807, 2.05) is 13.0 Å². The molecule has 4 aromatic rings. The van der Waals surface area contributed by atoms with Gasteiger partial charge < -0.3 is 19.5 Å². The number of nitrogens with zero attached hydrogens (tertiary/aromatic N) is 2. The second-order valence-corrected chi connectivity index (χ2v) is 9.93. The van der Waals surface area contributed by atoms with Crippen molar-refractivity contribution in [2.24, 2.45) is 0 Å². The van der Waals surface area contributed by atoms with Gasteiger partial charge in [-0.1, -0.05) is 12.1 Å². The number of halogens is 4. The lowest BCUT2D eigenvalue weighted by atomic mass is 9.89. The predicted molar refractivity (Wildman–Crippen MR) is 148 cm³/mol. The Morgan fingerprint density at radius 3 is 2.40 bits per heavy atom. The van der Waals surface area contributed by atoms with Crippen molar-refractivity contribution >= 4 is 11.7 Å². The fourth-order valence-corrected chi connectivity index (χ4v) is 3.98. The molecule has 0 saturated heterocycles. The highest BCUT2D eigenvalue weighted by molar-refractivity contribution is 5.91. The zero-order chi connectivity index (χ0) is 30.5. The van der Waals surface area contributed by atoms with Crippen LogP contribution in [0.2, 0.25) is 0 Å². The third kappa shape index (κ3) is 6.99. The van der Waals surface area contributed by atoms with Gasteiger partial charge in [0.2, 0.25) is 5.91 Å². The van der Waals surface area contributed by atoms with Gasteiger partial charge in [-0.25, -0.2) is 4.39 Å². The summed E-state index contributed by atoms with van der Waals surface area (Å²) >= 11 is 0. The summed E-state index contributed by atoms with van der Waals surface area (Å²) in [7, 11) is 1.57. The van der Waals surface area contributed by atoms with Gasteiger partial charge in [-0.3, -0.25) is 14.9 Å². The third-order valence-electron chi connectivity index (χ3n) is 6.65. The van der Waals surface area contributed by atoms with Gasteiger partial charge in [-0.2, -0.15) is 18.3 Å². The van der Waals surface area contributed by atoms with Gasteiger partial charge >= 0.3 is 6.18 Å². The molecule has 0 bridgehead atoms. The molecule has 2 N–H and O–H groups in total. The minimum absolute atomic E-state index is 0.0877. The third-order valence-corrected chi connectivity index (χ3v) is 6.65. The number of carbonyl (C=O) groups excluding carboxylic acids is 1. The summed E-state index contributed by atoms with van der Waals surface area (Å²) in [5.74, 6) is 0.410. The van der Waals surface area contributed by atoms with Crippen molar-refractivity contribution in [3.63, 3.8) is 0 Å². The van der Waals surface area contributed by atoms with E-state index in [0.29, 0.717) is 35.0 Å². The largest absolute Gasteiger partial charge is 0.497 e. The summed E-state index contributed by atoms with van der Waals surface area (Å²) in [5.41, 5.74) is -0.374. The van der Waals surface area contributed by atoms with Gasteiger partial charge in [0.15, 0.2) is 5.82 Å². The number of aromatic amines is 1. The number of anilines is 1. The molecule has 4 rings (SSSR count). The normalized spacial score (nSPS) is 11.7. The lowest BCUT2D eigenvalue weighted by molar-refractivity contribution is -0.181. The summed E-state index contributed by atoms with van der Waals surface area (Å²) < 4.78 is 71.7. The molecule has 42 heavy (non-hydrogen) atoms. The van der Waals surface area contributed by atoms with Crippen LogP contribution in [-0.2, 0) is 23.2 Å². The fourth-order valence-electron chi connectivity index (χ4n) is 3.98. The van der Waals surface area contributed by atoms with Crippen LogP contribution < -0.4 is 19.5 Å². The van der Waals surface area contributed by atoms with Crippen LogP contribution in [0.5, 0.6) is 17.2 Å². The molecule has 0 fully saturated rings. The summed E-state index contributed by atoms with van der Waals surface area (Å²) in [6.45, 7) is 4.56. The first-order valence-electron chi connectivity index (χ1n) is 13.0. The molecule has 2 heterocycles. The van der Waals surface area contributed by atoms with E-state index in [2.05, 4.69) is 20.5 Å². The smallest absolute Gasteiger partial charge is 0.399 e. The van der Waals surface area contributed by atoms with E-state index in [1.54, 1.807) is 43.8 Å². The van der Waals surface area contributed by atoms with Crippen molar-refractivity contribution in [1.82, 2.24) is 15.2 Å². The number of H-pyrrole nitrogens is 1. The average Bonchev–Trinajstić information content (AvgIpc) is 3.42. The Labute approximate surface area is 240 Å². The molecule has 2 aromatic heterocycles. The minimum Gasteiger partial charge on any atom is -0.497 e. The Morgan fingerprint density at radius 2 is 1.71 bits per heavy atom. The molecular formula is C30H30F4N4O4. The first-order chi connectivity index (χ1) is 19.9. The zero-order valence-corrected chi connectivity index (χ0v) is 23.4. The lowest BCUT2D eigenvalue weighted by Crippen LogP contribution is -2.36. The number of nitrogens with one attached hydrogen (secondary N) is 2. The number of amides is 1. The highest BCUT2D eigenvalue weighted by Crippen LogP contribution is 2.40. The molecule has 2 aromatic carbocycles. The van der Waals surface area contributed by atoms with Crippen molar-refractivity contribution in [2.75, 3.05) is 19.0 Å². The Morgan fingerprint density at radius 1 is 0.952 bits per heavy atom. The van der Waals surface area contributed by atoms with Crippen LogP contribution >= 0.6 is 0 Å². The van der Waals surface area contributed by atoms with Crippen LogP contribution in [0.25, 0.3) is 11.1 Å². The van der Waals surface area contributed by atoms with Gasteiger partial charge in [-0.05, 0) is 56.2 Å². The monoisotopic (exact) mass is 586 g/mol. The highest BCUT2D eigenvalue weighted by Gasteiger charge is 2.49. The van der Waals surface area contributed by atoms with E-state index >= 15 is 0 Å². The van der Waals surface area contributed by atoms with Crippen LogP contribution in [0.3, 0.4) is 0 Å². The maximum atomic E-state index is 15.0. The molecule has 8 nitrogen and oxygen atoms in total. The number of aromatic nitrogens is 3. The Balaban J connectivity index is 1.41. The summed E-state index contributed by atoms with van der Waals surface area (Å²) in [5, 5.41) is 8.45. The quantitative estimate of drug-likeness (QED) is 0.192. The topological polar surface area (TPSA) is 98.4 Å². The van der Waals surface area contributed by atoms with E-state index in [0.717, 1.165) is 25.5 Å². The van der Waals surface area contributed by atoms with E-state index < -0.39 is 23.3 Å². The Hall–Kier alpha value is -4.61. The number of alkyl halides is 3. The van der Waals surface area contributed by atoms with E-state index in [-0.39, 0.29) is 30.1 Å². The summed E-state index contributed by atoms with van der Waals surface area (Å²) in [6, 6.07) is 12.6. The maximum Gasteiger partial charge on any atom is 0.399 e.